The van der Waals surface area contributed by atoms with Crippen LogP contribution in [0.25, 0.3) is 0 Å². The number of hydrogen-bond acceptors (Lipinski definition) is 3. The van der Waals surface area contributed by atoms with Gasteiger partial charge in [-0.3, -0.25) is 0 Å². The summed E-state index contributed by atoms with van der Waals surface area (Å²) >= 11 is 0. The molecule has 1 aliphatic carbocycles. The highest BCUT2D eigenvalue weighted by molar-refractivity contribution is 5.87. The molecular formula is C27H43NO2. The minimum atomic E-state index is -0.286. The van der Waals surface area contributed by atoms with Crippen molar-refractivity contribution in [2.75, 3.05) is 20.6 Å². The quantitative estimate of drug-likeness (QED) is 0.222. The summed E-state index contributed by atoms with van der Waals surface area (Å²) in [5.41, 5.74) is 3.19. The van der Waals surface area contributed by atoms with Gasteiger partial charge in [0.2, 0.25) is 0 Å². The molecule has 3 heteroatoms. The van der Waals surface area contributed by atoms with Crippen molar-refractivity contribution < 1.29 is 9.53 Å². The monoisotopic (exact) mass is 413 g/mol. The van der Waals surface area contributed by atoms with Gasteiger partial charge in [-0.25, -0.2) is 4.79 Å². The summed E-state index contributed by atoms with van der Waals surface area (Å²) in [7, 11) is 4.09. The van der Waals surface area contributed by atoms with Crippen LogP contribution in [0.3, 0.4) is 0 Å². The highest BCUT2D eigenvalue weighted by Crippen LogP contribution is 2.37. The Morgan fingerprint density at radius 2 is 1.80 bits per heavy atom. The SMILES string of the molecule is C=C(C)C(=O)OC(CCN(C)C)Cc1ccc(C2CCC(CCCCC)CC2)cc1. The second kappa shape index (κ2) is 12.9. The molecule has 1 saturated carbocycles. The number of esters is 1. The summed E-state index contributed by atoms with van der Waals surface area (Å²) in [4.78, 5) is 14.2. The number of rotatable bonds is 12. The smallest absolute Gasteiger partial charge is 0.333 e. The van der Waals surface area contributed by atoms with Crippen molar-refractivity contribution in [2.45, 2.75) is 90.1 Å². The molecule has 0 aromatic heterocycles. The summed E-state index contributed by atoms with van der Waals surface area (Å²) in [5.74, 6) is 1.38. The minimum Gasteiger partial charge on any atom is -0.459 e. The molecule has 1 aromatic rings. The Balaban J connectivity index is 1.88. The van der Waals surface area contributed by atoms with E-state index >= 15 is 0 Å². The van der Waals surface area contributed by atoms with Gasteiger partial charge in [-0.15, -0.1) is 0 Å². The Morgan fingerprint density at radius 1 is 1.13 bits per heavy atom. The maximum absolute atomic E-state index is 12.0. The Morgan fingerprint density at radius 3 is 2.37 bits per heavy atom. The van der Waals surface area contributed by atoms with E-state index in [9.17, 15) is 4.79 Å². The topological polar surface area (TPSA) is 29.5 Å². The Bertz CT molecular complexity index is 641. The molecule has 1 aliphatic rings. The van der Waals surface area contributed by atoms with Crippen LogP contribution in [0, 0.1) is 5.92 Å². The molecule has 0 amide bonds. The first kappa shape index (κ1) is 24.7. The van der Waals surface area contributed by atoms with E-state index in [2.05, 4.69) is 42.7 Å². The van der Waals surface area contributed by atoms with Gasteiger partial charge < -0.3 is 9.64 Å². The van der Waals surface area contributed by atoms with Gasteiger partial charge in [-0.2, -0.15) is 0 Å². The second-order valence-electron chi connectivity index (χ2n) is 9.56. The standard InChI is InChI=1S/C27H43NO2/c1-6-7-8-9-22-10-14-24(15-11-22)25-16-12-23(13-17-25)20-26(18-19-28(4)5)30-27(29)21(2)3/h12-13,16-17,22,24,26H,2,6-11,14-15,18-20H2,1,3-5H3. The average molecular weight is 414 g/mol. The minimum absolute atomic E-state index is 0.110. The maximum Gasteiger partial charge on any atom is 0.333 e. The van der Waals surface area contributed by atoms with Crippen LogP contribution in [0.2, 0.25) is 0 Å². The molecule has 168 valence electrons. The van der Waals surface area contributed by atoms with E-state index in [1.165, 1.54) is 62.5 Å². The van der Waals surface area contributed by atoms with Crippen LogP contribution in [0.1, 0.15) is 88.7 Å². The maximum atomic E-state index is 12.0. The van der Waals surface area contributed by atoms with Gasteiger partial charge in [0.25, 0.3) is 0 Å². The fraction of sp³-hybridized carbons (Fsp3) is 0.667. The van der Waals surface area contributed by atoms with E-state index in [0.717, 1.165) is 25.3 Å². The van der Waals surface area contributed by atoms with Crippen LogP contribution in [-0.4, -0.2) is 37.6 Å². The molecule has 2 rings (SSSR count). The predicted molar refractivity (Wildman–Crippen MR) is 127 cm³/mol. The molecule has 1 aromatic carbocycles. The van der Waals surface area contributed by atoms with E-state index in [4.69, 9.17) is 4.74 Å². The third-order valence-corrected chi connectivity index (χ3v) is 6.50. The van der Waals surface area contributed by atoms with Gasteiger partial charge in [0.05, 0.1) is 0 Å². The Kier molecular flexibility index (Phi) is 10.6. The average Bonchev–Trinajstić information content (AvgIpc) is 2.73. The number of carbonyl (C=O) groups excluding carboxylic acids is 1. The van der Waals surface area contributed by atoms with E-state index in [1.54, 1.807) is 6.92 Å². The predicted octanol–water partition coefficient (Wildman–Crippen LogP) is 6.52. The lowest BCUT2D eigenvalue weighted by atomic mass is 9.77. The van der Waals surface area contributed by atoms with Crippen molar-refractivity contribution in [3.05, 3.63) is 47.5 Å². The van der Waals surface area contributed by atoms with Gasteiger partial charge in [0.1, 0.15) is 6.10 Å². The van der Waals surface area contributed by atoms with Gasteiger partial charge in [0.15, 0.2) is 0 Å². The van der Waals surface area contributed by atoms with Gasteiger partial charge in [-0.1, -0.05) is 63.5 Å². The molecule has 3 nitrogen and oxygen atoms in total. The fourth-order valence-corrected chi connectivity index (χ4v) is 4.51. The zero-order valence-electron chi connectivity index (χ0n) is 19.8. The largest absolute Gasteiger partial charge is 0.459 e. The highest BCUT2D eigenvalue weighted by atomic mass is 16.5. The van der Waals surface area contributed by atoms with Crippen molar-refractivity contribution in [3.63, 3.8) is 0 Å². The van der Waals surface area contributed by atoms with Crippen LogP contribution < -0.4 is 0 Å². The van der Waals surface area contributed by atoms with Crippen molar-refractivity contribution >= 4 is 5.97 Å². The van der Waals surface area contributed by atoms with Gasteiger partial charge >= 0.3 is 5.97 Å². The molecule has 0 heterocycles. The highest BCUT2D eigenvalue weighted by Gasteiger charge is 2.22. The zero-order valence-corrected chi connectivity index (χ0v) is 19.8. The lowest BCUT2D eigenvalue weighted by Gasteiger charge is -2.29. The van der Waals surface area contributed by atoms with Crippen molar-refractivity contribution in [1.82, 2.24) is 4.90 Å². The molecule has 0 saturated heterocycles. The van der Waals surface area contributed by atoms with Crippen molar-refractivity contribution in [1.29, 1.82) is 0 Å². The summed E-state index contributed by atoms with van der Waals surface area (Å²) < 4.78 is 5.70. The van der Waals surface area contributed by atoms with Gasteiger partial charge in [0, 0.05) is 18.5 Å². The Labute approximate surface area is 184 Å². The summed E-state index contributed by atoms with van der Waals surface area (Å²) in [5, 5.41) is 0. The van der Waals surface area contributed by atoms with Crippen molar-refractivity contribution in [2.24, 2.45) is 5.92 Å². The van der Waals surface area contributed by atoms with Crippen LogP contribution >= 0.6 is 0 Å². The van der Waals surface area contributed by atoms with Crippen LogP contribution in [-0.2, 0) is 16.0 Å². The third kappa shape index (κ3) is 8.63. The lowest BCUT2D eigenvalue weighted by Crippen LogP contribution is -2.26. The molecule has 0 N–H and O–H groups in total. The second-order valence-corrected chi connectivity index (χ2v) is 9.56. The summed E-state index contributed by atoms with van der Waals surface area (Å²) in [6.07, 6.45) is 12.5. The van der Waals surface area contributed by atoms with E-state index in [0.29, 0.717) is 11.5 Å². The molecule has 0 radical (unpaired) electrons. The van der Waals surface area contributed by atoms with Crippen LogP contribution in [0.5, 0.6) is 0 Å². The molecule has 1 unspecified atom stereocenters. The molecule has 0 bridgehead atoms. The number of unbranched alkanes of at least 4 members (excludes halogenated alkanes) is 2. The normalized spacial score (nSPS) is 20.2. The van der Waals surface area contributed by atoms with E-state index in [-0.39, 0.29) is 12.1 Å². The fourth-order valence-electron chi connectivity index (χ4n) is 4.51. The first-order chi connectivity index (χ1) is 14.4. The molecule has 30 heavy (non-hydrogen) atoms. The number of hydrogen-bond donors (Lipinski definition) is 0. The lowest BCUT2D eigenvalue weighted by molar-refractivity contribution is -0.144. The number of benzene rings is 1. The van der Waals surface area contributed by atoms with E-state index in [1.807, 2.05) is 14.1 Å². The number of ether oxygens (including phenoxy) is 1. The molecular weight excluding hydrogens is 370 g/mol. The first-order valence-corrected chi connectivity index (χ1v) is 12.0. The van der Waals surface area contributed by atoms with Gasteiger partial charge in [-0.05, 0) is 76.1 Å². The molecule has 0 aliphatic heterocycles. The first-order valence-electron chi connectivity index (χ1n) is 12.0. The summed E-state index contributed by atoms with van der Waals surface area (Å²) in [6, 6.07) is 9.09. The Hall–Kier alpha value is -1.61. The number of nitrogens with zero attached hydrogens (tertiary/aromatic N) is 1. The van der Waals surface area contributed by atoms with Crippen LogP contribution in [0.4, 0.5) is 0 Å². The zero-order chi connectivity index (χ0) is 21.9. The number of carbonyl (C=O) groups is 1. The van der Waals surface area contributed by atoms with Crippen molar-refractivity contribution in [3.8, 4) is 0 Å². The molecule has 0 spiro atoms. The van der Waals surface area contributed by atoms with E-state index < -0.39 is 0 Å². The third-order valence-electron chi connectivity index (χ3n) is 6.50. The van der Waals surface area contributed by atoms with Crippen LogP contribution in [0.15, 0.2) is 36.4 Å². The molecule has 1 atom stereocenters. The summed E-state index contributed by atoms with van der Waals surface area (Å²) in [6.45, 7) is 8.61. The molecule has 1 fully saturated rings.